The molecule has 10 rings (SSSR count). The van der Waals surface area contributed by atoms with E-state index in [4.69, 9.17) is 4.42 Å². The highest BCUT2D eigenvalue weighted by Crippen LogP contribution is 2.52. The van der Waals surface area contributed by atoms with Gasteiger partial charge in [-0.25, -0.2) is 0 Å². The average Bonchev–Trinajstić information content (AvgIpc) is 3.81. The Morgan fingerprint density at radius 3 is 1.71 bits per heavy atom. The summed E-state index contributed by atoms with van der Waals surface area (Å²) >= 11 is 1.99. The van der Waals surface area contributed by atoms with Gasteiger partial charge in [0.15, 0.2) is 0 Å². The summed E-state index contributed by atoms with van der Waals surface area (Å²) in [7, 11) is 0. The molecule has 318 valence electrons. The van der Waals surface area contributed by atoms with Crippen molar-refractivity contribution in [3.8, 4) is 11.1 Å². The van der Waals surface area contributed by atoms with Crippen molar-refractivity contribution in [1.29, 1.82) is 0 Å². The fraction of sp³-hybridized carbons (Fsp3) is 0.310. The van der Waals surface area contributed by atoms with E-state index < -0.39 is 0 Å². The molecular formula is C58H61BN2OS. The van der Waals surface area contributed by atoms with Gasteiger partial charge in [0.25, 0.3) is 6.71 Å². The molecule has 3 nitrogen and oxygen atoms in total. The minimum Gasteiger partial charge on any atom is -0.464 e. The van der Waals surface area contributed by atoms with E-state index >= 15 is 0 Å². The Morgan fingerprint density at radius 2 is 1.08 bits per heavy atom. The number of anilines is 6. The van der Waals surface area contributed by atoms with Crippen LogP contribution in [0.4, 0.5) is 34.1 Å². The molecule has 0 bridgehead atoms. The van der Waals surface area contributed by atoms with Crippen LogP contribution in [0.15, 0.2) is 120 Å². The number of hydrogen-bond acceptors (Lipinski definition) is 4. The van der Waals surface area contributed by atoms with Crippen LogP contribution < -0.4 is 25.5 Å². The molecule has 0 N–H and O–H groups in total. The Hall–Kier alpha value is -5.52. The number of benzene rings is 6. The summed E-state index contributed by atoms with van der Waals surface area (Å²) < 4.78 is 8.84. The lowest BCUT2D eigenvalue weighted by molar-refractivity contribution is 0.589. The monoisotopic (exact) mass is 844 g/mol. The van der Waals surface area contributed by atoms with Crippen LogP contribution in [0.2, 0.25) is 0 Å². The second-order valence-electron chi connectivity index (χ2n) is 22.5. The summed E-state index contributed by atoms with van der Waals surface area (Å²) in [6.07, 6.45) is 1.93. The van der Waals surface area contributed by atoms with Gasteiger partial charge in [0.1, 0.15) is 5.58 Å². The van der Waals surface area contributed by atoms with Gasteiger partial charge < -0.3 is 14.2 Å². The zero-order chi connectivity index (χ0) is 44.7. The Bertz CT molecular complexity index is 3110. The summed E-state index contributed by atoms with van der Waals surface area (Å²) in [5, 5.41) is 2.47. The highest BCUT2D eigenvalue weighted by molar-refractivity contribution is 7.33. The van der Waals surface area contributed by atoms with E-state index in [0.29, 0.717) is 0 Å². The molecule has 0 amide bonds. The molecule has 0 fully saturated rings. The van der Waals surface area contributed by atoms with Gasteiger partial charge in [-0.05, 0) is 146 Å². The molecule has 4 heterocycles. The SMILES string of the molecule is Cc1cc(-c2coc3ccccc23)cc(C)c1N1c2cc(C(C)(C)C)cc3c2B(c2cc(C(C)(C)C)ccc2N3c2ccc(C(C)(C)C)cc2)c2sc3ccc(C(C)(C)C)cc3c21. The Labute approximate surface area is 379 Å². The van der Waals surface area contributed by atoms with Crippen LogP contribution in [-0.4, -0.2) is 6.71 Å². The molecule has 8 aromatic rings. The first-order valence-corrected chi connectivity index (χ1v) is 23.6. The Balaban J connectivity index is 1.33. The zero-order valence-corrected chi connectivity index (χ0v) is 40.6. The van der Waals surface area contributed by atoms with Crippen molar-refractivity contribution in [2.75, 3.05) is 9.80 Å². The first-order valence-electron chi connectivity index (χ1n) is 22.8. The maximum atomic E-state index is 6.10. The molecule has 0 unspecified atom stereocenters. The van der Waals surface area contributed by atoms with E-state index in [1.165, 1.54) is 98.9 Å². The van der Waals surface area contributed by atoms with Gasteiger partial charge in [-0.3, -0.25) is 0 Å². The van der Waals surface area contributed by atoms with Crippen molar-refractivity contribution in [2.45, 2.75) is 119 Å². The molecule has 0 saturated carbocycles. The molecule has 2 aliphatic heterocycles. The van der Waals surface area contributed by atoms with Gasteiger partial charge in [-0.1, -0.05) is 132 Å². The van der Waals surface area contributed by atoms with Gasteiger partial charge in [0.2, 0.25) is 0 Å². The normalized spacial score (nSPS) is 14.1. The molecule has 0 spiro atoms. The van der Waals surface area contributed by atoms with Gasteiger partial charge in [0.05, 0.1) is 17.6 Å². The van der Waals surface area contributed by atoms with E-state index in [0.717, 1.165) is 16.5 Å². The van der Waals surface area contributed by atoms with Crippen molar-refractivity contribution < 1.29 is 4.42 Å². The lowest BCUT2D eigenvalue weighted by Crippen LogP contribution is -2.60. The fourth-order valence-electron chi connectivity index (χ4n) is 10.1. The molecule has 0 saturated heterocycles. The van der Waals surface area contributed by atoms with Crippen molar-refractivity contribution in [3.05, 3.63) is 149 Å². The second-order valence-corrected chi connectivity index (χ2v) is 23.6. The van der Waals surface area contributed by atoms with Crippen LogP contribution in [0.5, 0.6) is 0 Å². The predicted octanol–water partition coefficient (Wildman–Crippen LogP) is 15.2. The minimum absolute atomic E-state index is 0.00404. The third kappa shape index (κ3) is 6.68. The summed E-state index contributed by atoms with van der Waals surface area (Å²) in [5.74, 6) is 0. The summed E-state index contributed by atoms with van der Waals surface area (Å²) in [4.78, 5) is 5.27. The molecule has 0 aliphatic carbocycles. The minimum atomic E-state index is -0.114. The van der Waals surface area contributed by atoms with Crippen LogP contribution >= 0.6 is 11.3 Å². The van der Waals surface area contributed by atoms with Crippen LogP contribution in [0.1, 0.15) is 116 Å². The van der Waals surface area contributed by atoms with E-state index in [1.807, 2.05) is 23.7 Å². The Morgan fingerprint density at radius 1 is 0.508 bits per heavy atom. The predicted molar refractivity (Wildman–Crippen MR) is 275 cm³/mol. The molecule has 63 heavy (non-hydrogen) atoms. The van der Waals surface area contributed by atoms with Crippen molar-refractivity contribution in [2.24, 2.45) is 0 Å². The van der Waals surface area contributed by atoms with E-state index in [2.05, 4.69) is 210 Å². The number of fused-ring (bicyclic) bond motifs is 7. The van der Waals surface area contributed by atoms with Crippen LogP contribution in [0, 0.1) is 13.8 Å². The third-order valence-electron chi connectivity index (χ3n) is 13.8. The number of rotatable bonds is 3. The molecular weight excluding hydrogens is 784 g/mol. The van der Waals surface area contributed by atoms with Gasteiger partial charge >= 0.3 is 0 Å². The molecule has 0 atom stereocenters. The van der Waals surface area contributed by atoms with Crippen molar-refractivity contribution in [1.82, 2.24) is 0 Å². The highest BCUT2D eigenvalue weighted by Gasteiger charge is 2.47. The number of thiophene rings is 1. The summed E-state index contributed by atoms with van der Waals surface area (Å²) in [5.41, 5.74) is 21.3. The van der Waals surface area contributed by atoms with Gasteiger partial charge in [-0.2, -0.15) is 0 Å². The third-order valence-corrected chi connectivity index (χ3v) is 15.0. The number of hydrogen-bond donors (Lipinski definition) is 0. The van der Waals surface area contributed by atoms with E-state index in [1.54, 1.807) is 0 Å². The first-order chi connectivity index (χ1) is 29.6. The summed E-state index contributed by atoms with van der Waals surface area (Å²) in [6.45, 7) is 32.7. The van der Waals surface area contributed by atoms with Crippen LogP contribution in [0.3, 0.4) is 0 Å². The molecule has 2 aromatic heterocycles. The van der Waals surface area contributed by atoms with Crippen molar-refractivity contribution >= 4 is 88.9 Å². The smallest absolute Gasteiger partial charge is 0.264 e. The van der Waals surface area contributed by atoms with E-state index in [-0.39, 0.29) is 28.4 Å². The topological polar surface area (TPSA) is 19.6 Å². The average molecular weight is 845 g/mol. The molecule has 6 aromatic carbocycles. The van der Waals surface area contributed by atoms with Gasteiger partial charge in [-0.15, -0.1) is 11.3 Å². The lowest BCUT2D eigenvalue weighted by atomic mass is 9.36. The largest absolute Gasteiger partial charge is 0.464 e. The number of para-hydroxylation sites is 1. The highest BCUT2D eigenvalue weighted by atomic mass is 32.1. The lowest BCUT2D eigenvalue weighted by Gasteiger charge is -2.45. The Kier molecular flexibility index (Phi) is 9.21. The molecule has 5 heteroatoms. The van der Waals surface area contributed by atoms with Crippen LogP contribution in [0.25, 0.3) is 32.2 Å². The van der Waals surface area contributed by atoms with Gasteiger partial charge in [0, 0.05) is 48.6 Å². The maximum absolute atomic E-state index is 6.10. The quantitative estimate of drug-likeness (QED) is 0.165. The number of aryl methyl sites for hydroxylation is 2. The maximum Gasteiger partial charge on any atom is 0.264 e. The van der Waals surface area contributed by atoms with E-state index in [9.17, 15) is 0 Å². The van der Waals surface area contributed by atoms with Crippen molar-refractivity contribution in [3.63, 3.8) is 0 Å². The number of nitrogens with zero attached hydrogens (tertiary/aromatic N) is 2. The zero-order valence-electron chi connectivity index (χ0n) is 39.8. The molecule has 0 radical (unpaired) electrons. The first kappa shape index (κ1) is 41.5. The fourth-order valence-corrected chi connectivity index (χ4v) is 11.4. The standard InChI is InChI=1S/C58H61BN2OS/c1-34-27-36(44-33-62-49-18-16-15-17-42(44)49)28-35(2)52(34)61-48-32-40(58(12,13)14)31-47-51(48)59(54-53(61)43-29-38(56(6,7)8)22-26-50(43)63-54)45-30-39(57(9,10)11)21-25-46(45)60(47)41-23-19-37(20-24-41)55(3,4)5/h15-33H,1-14H3. The molecule has 2 aliphatic rings. The summed E-state index contributed by atoms with van der Waals surface area (Å²) in [6, 6.07) is 42.2. The second kappa shape index (κ2) is 14.0. The van der Waals surface area contributed by atoms with Crippen LogP contribution in [-0.2, 0) is 21.7 Å². The number of furan rings is 1.